The van der Waals surface area contributed by atoms with E-state index in [0.717, 1.165) is 18.3 Å². The van der Waals surface area contributed by atoms with Crippen molar-refractivity contribution in [3.8, 4) is 6.07 Å². The highest BCUT2D eigenvalue weighted by Crippen LogP contribution is 2.27. The Kier molecular flexibility index (Phi) is 3.82. The van der Waals surface area contributed by atoms with Gasteiger partial charge in [0.2, 0.25) is 0 Å². The molecule has 4 heteroatoms. The maximum absolute atomic E-state index is 9.09. The quantitative estimate of drug-likeness (QED) is 0.914. The third-order valence-electron chi connectivity index (χ3n) is 5.17. The van der Waals surface area contributed by atoms with Gasteiger partial charge in [0.1, 0.15) is 11.8 Å². The summed E-state index contributed by atoms with van der Waals surface area (Å²) >= 11 is 0. The van der Waals surface area contributed by atoms with Crippen LogP contribution in [-0.4, -0.2) is 34.6 Å². The van der Waals surface area contributed by atoms with Gasteiger partial charge >= 0.3 is 0 Å². The Hall–Kier alpha value is -1.31. The van der Waals surface area contributed by atoms with Gasteiger partial charge in [0.25, 0.3) is 0 Å². The monoisotopic (exact) mass is 272 g/mol. The van der Waals surface area contributed by atoms with Crippen LogP contribution in [0.2, 0.25) is 0 Å². The van der Waals surface area contributed by atoms with E-state index in [1.165, 1.54) is 50.0 Å². The van der Waals surface area contributed by atoms with Crippen molar-refractivity contribution in [1.29, 1.82) is 5.26 Å². The number of nitrogens with one attached hydrogen (secondary N) is 1. The second-order valence-electron chi connectivity index (χ2n) is 6.19. The number of fused-ring (bicyclic) bond motifs is 1. The lowest BCUT2D eigenvalue weighted by Gasteiger charge is -2.32. The van der Waals surface area contributed by atoms with Crippen molar-refractivity contribution >= 4 is 0 Å². The van der Waals surface area contributed by atoms with Gasteiger partial charge in [-0.3, -0.25) is 4.90 Å². The lowest BCUT2D eigenvalue weighted by atomic mass is 9.99. The number of aromatic nitrogens is 1. The van der Waals surface area contributed by atoms with Crippen molar-refractivity contribution in [2.45, 2.75) is 51.2 Å². The second kappa shape index (κ2) is 5.59. The third kappa shape index (κ3) is 2.36. The van der Waals surface area contributed by atoms with Crippen molar-refractivity contribution in [2.24, 2.45) is 7.05 Å². The average molecular weight is 272 g/mol. The highest BCUT2D eigenvalue weighted by atomic mass is 15.2. The number of nitriles is 1. The summed E-state index contributed by atoms with van der Waals surface area (Å²) in [6.45, 7) is 5.51. The van der Waals surface area contributed by atoms with Crippen LogP contribution in [0.1, 0.15) is 42.6 Å². The van der Waals surface area contributed by atoms with E-state index in [2.05, 4.69) is 23.2 Å². The molecule has 0 aromatic carbocycles. The van der Waals surface area contributed by atoms with Gasteiger partial charge in [-0.15, -0.1) is 0 Å². The van der Waals surface area contributed by atoms with Crippen LogP contribution in [0.25, 0.3) is 0 Å². The molecule has 20 heavy (non-hydrogen) atoms. The highest BCUT2D eigenvalue weighted by Gasteiger charge is 2.35. The maximum Gasteiger partial charge on any atom is 0.120 e. The summed E-state index contributed by atoms with van der Waals surface area (Å²) in [5.41, 5.74) is 3.22. The molecule has 2 fully saturated rings. The lowest BCUT2D eigenvalue weighted by molar-refractivity contribution is 0.180. The zero-order valence-corrected chi connectivity index (χ0v) is 12.5. The van der Waals surface area contributed by atoms with Crippen LogP contribution < -0.4 is 5.32 Å². The number of nitrogens with zero attached hydrogens (tertiary/aromatic N) is 3. The van der Waals surface area contributed by atoms with Crippen molar-refractivity contribution < 1.29 is 0 Å². The zero-order chi connectivity index (χ0) is 14.1. The van der Waals surface area contributed by atoms with Crippen LogP contribution in [0, 0.1) is 18.3 Å². The fraction of sp³-hybridized carbons (Fsp3) is 0.688. The topological polar surface area (TPSA) is 44.0 Å². The summed E-state index contributed by atoms with van der Waals surface area (Å²) in [5.74, 6) is 0. The number of hydrogen-bond acceptors (Lipinski definition) is 3. The SMILES string of the molecule is Cc1c(CNC2CCN3CCCCC23)cc(C#N)n1C. The predicted octanol–water partition coefficient (Wildman–Crippen LogP) is 1.92. The van der Waals surface area contributed by atoms with Crippen molar-refractivity contribution in [1.82, 2.24) is 14.8 Å². The molecule has 1 aromatic rings. The average Bonchev–Trinajstić information content (AvgIpc) is 3.00. The minimum absolute atomic E-state index is 0.625. The summed E-state index contributed by atoms with van der Waals surface area (Å²) in [7, 11) is 1.97. The highest BCUT2D eigenvalue weighted by molar-refractivity contribution is 5.34. The first kappa shape index (κ1) is 13.7. The third-order valence-corrected chi connectivity index (χ3v) is 5.17. The Morgan fingerprint density at radius 1 is 1.35 bits per heavy atom. The molecule has 3 heterocycles. The van der Waals surface area contributed by atoms with Gasteiger partial charge in [0.15, 0.2) is 0 Å². The van der Waals surface area contributed by atoms with Gasteiger partial charge in [-0.2, -0.15) is 5.26 Å². The maximum atomic E-state index is 9.09. The Balaban J connectivity index is 1.64. The number of piperidine rings is 1. The molecule has 2 aliphatic heterocycles. The molecule has 0 bridgehead atoms. The van der Waals surface area contributed by atoms with E-state index in [1.54, 1.807) is 0 Å². The molecule has 0 aliphatic carbocycles. The standard InChI is InChI=1S/C16H24N4/c1-12-13(9-14(10-17)19(12)2)11-18-15-6-8-20-7-4-3-5-16(15)20/h9,15-16,18H,3-8,11H2,1-2H3. The molecule has 108 valence electrons. The molecule has 3 rings (SSSR count). The van der Waals surface area contributed by atoms with Gasteiger partial charge in [-0.05, 0) is 44.4 Å². The Bertz CT molecular complexity index is 525. The van der Waals surface area contributed by atoms with Crippen LogP contribution >= 0.6 is 0 Å². The molecule has 0 amide bonds. The van der Waals surface area contributed by atoms with Crippen LogP contribution in [0.3, 0.4) is 0 Å². The Morgan fingerprint density at radius 2 is 2.20 bits per heavy atom. The van der Waals surface area contributed by atoms with E-state index < -0.39 is 0 Å². The molecular weight excluding hydrogens is 248 g/mol. The first-order valence-electron chi connectivity index (χ1n) is 7.73. The van der Waals surface area contributed by atoms with Crippen molar-refractivity contribution in [3.05, 3.63) is 23.0 Å². The molecule has 0 saturated carbocycles. The van der Waals surface area contributed by atoms with Gasteiger partial charge in [-0.25, -0.2) is 0 Å². The van der Waals surface area contributed by atoms with Crippen molar-refractivity contribution in [3.63, 3.8) is 0 Å². The van der Waals surface area contributed by atoms with E-state index >= 15 is 0 Å². The molecule has 0 radical (unpaired) electrons. The van der Waals surface area contributed by atoms with Gasteiger partial charge in [0.05, 0.1) is 0 Å². The Labute approximate surface area is 121 Å². The molecule has 4 nitrogen and oxygen atoms in total. The molecule has 0 spiro atoms. The number of hydrogen-bond donors (Lipinski definition) is 1. The van der Waals surface area contributed by atoms with E-state index in [1.807, 2.05) is 17.7 Å². The Morgan fingerprint density at radius 3 is 2.95 bits per heavy atom. The van der Waals surface area contributed by atoms with Crippen LogP contribution in [-0.2, 0) is 13.6 Å². The lowest BCUT2D eigenvalue weighted by Crippen LogP contribution is -2.44. The molecule has 1 aromatic heterocycles. The molecule has 1 N–H and O–H groups in total. The molecule has 2 atom stereocenters. The second-order valence-corrected chi connectivity index (χ2v) is 6.19. The minimum atomic E-state index is 0.625. The summed E-state index contributed by atoms with van der Waals surface area (Å²) in [6.07, 6.45) is 5.35. The molecule has 2 saturated heterocycles. The van der Waals surface area contributed by atoms with Crippen LogP contribution in [0.15, 0.2) is 6.07 Å². The van der Waals surface area contributed by atoms with Crippen LogP contribution in [0.4, 0.5) is 0 Å². The van der Waals surface area contributed by atoms with Crippen LogP contribution in [0.5, 0.6) is 0 Å². The first-order chi connectivity index (χ1) is 9.70. The van der Waals surface area contributed by atoms with Gasteiger partial charge in [0, 0.05) is 37.9 Å². The molecular formula is C16H24N4. The van der Waals surface area contributed by atoms with E-state index in [4.69, 9.17) is 5.26 Å². The number of rotatable bonds is 3. The normalized spacial score (nSPS) is 26.4. The zero-order valence-electron chi connectivity index (χ0n) is 12.5. The van der Waals surface area contributed by atoms with Crippen molar-refractivity contribution in [2.75, 3.05) is 13.1 Å². The smallest absolute Gasteiger partial charge is 0.120 e. The molecule has 2 aliphatic rings. The predicted molar refractivity (Wildman–Crippen MR) is 79.3 cm³/mol. The van der Waals surface area contributed by atoms with E-state index in [9.17, 15) is 0 Å². The van der Waals surface area contributed by atoms with E-state index in [-0.39, 0.29) is 0 Å². The largest absolute Gasteiger partial charge is 0.340 e. The fourth-order valence-electron chi connectivity index (χ4n) is 3.78. The van der Waals surface area contributed by atoms with Gasteiger partial charge < -0.3 is 9.88 Å². The summed E-state index contributed by atoms with van der Waals surface area (Å²) in [6, 6.07) is 5.64. The van der Waals surface area contributed by atoms with E-state index in [0.29, 0.717) is 6.04 Å². The summed E-state index contributed by atoms with van der Waals surface area (Å²) in [4.78, 5) is 2.65. The first-order valence-corrected chi connectivity index (χ1v) is 7.73. The molecule has 2 unspecified atom stereocenters. The fourth-order valence-corrected chi connectivity index (χ4v) is 3.78. The summed E-state index contributed by atoms with van der Waals surface area (Å²) in [5, 5.41) is 12.8. The minimum Gasteiger partial charge on any atom is -0.340 e. The van der Waals surface area contributed by atoms with Gasteiger partial charge in [-0.1, -0.05) is 6.42 Å². The summed E-state index contributed by atoms with van der Waals surface area (Å²) < 4.78 is 1.98.